The van der Waals surface area contributed by atoms with Gasteiger partial charge in [-0.25, -0.2) is 0 Å². The van der Waals surface area contributed by atoms with Gasteiger partial charge in [0.05, 0.1) is 12.8 Å². The third-order valence-electron chi connectivity index (χ3n) is 6.42. The average molecular weight is 469 g/mol. The third-order valence-corrected chi connectivity index (χ3v) is 6.42. The maximum Gasteiger partial charge on any atom is 0.277 e. The fourth-order valence-electron chi connectivity index (χ4n) is 4.81. The van der Waals surface area contributed by atoms with Crippen LogP contribution in [0.25, 0.3) is 11.5 Å². The van der Waals surface area contributed by atoms with Gasteiger partial charge in [0, 0.05) is 18.3 Å². The molecule has 2 aromatic heterocycles. The molecule has 1 N–H and O–H groups in total. The van der Waals surface area contributed by atoms with E-state index in [1.807, 2.05) is 63.2 Å². The second kappa shape index (κ2) is 8.58. The average Bonchev–Trinajstić information content (AvgIpc) is 3.47. The molecular formula is C28H28N4O3. The van der Waals surface area contributed by atoms with E-state index in [9.17, 15) is 9.59 Å². The molecule has 2 aromatic carbocycles. The fraction of sp³-hybridized carbons (Fsp3) is 0.250. The van der Waals surface area contributed by atoms with Crippen LogP contribution < -0.4 is 10.2 Å². The van der Waals surface area contributed by atoms with Crippen LogP contribution in [0.3, 0.4) is 0 Å². The summed E-state index contributed by atoms with van der Waals surface area (Å²) in [6, 6.07) is 19.2. The largest absolute Gasteiger partial charge is 0.463 e. The van der Waals surface area contributed by atoms with Gasteiger partial charge in [0.25, 0.3) is 5.91 Å². The highest BCUT2D eigenvalue weighted by Gasteiger charge is 2.49. The van der Waals surface area contributed by atoms with Gasteiger partial charge in [-0.1, -0.05) is 35.9 Å². The molecule has 3 heterocycles. The molecule has 7 nitrogen and oxygen atoms in total. The van der Waals surface area contributed by atoms with E-state index in [0.717, 1.165) is 22.3 Å². The summed E-state index contributed by atoms with van der Waals surface area (Å²) in [6.45, 7) is 8.37. The number of nitrogens with zero attached hydrogens (tertiary/aromatic N) is 3. The van der Waals surface area contributed by atoms with Gasteiger partial charge in [-0.15, -0.1) is 0 Å². The van der Waals surface area contributed by atoms with Crippen molar-refractivity contribution < 1.29 is 14.0 Å². The van der Waals surface area contributed by atoms with Gasteiger partial charge in [-0.05, 0) is 68.7 Å². The van der Waals surface area contributed by atoms with Crippen molar-refractivity contribution in [1.82, 2.24) is 15.1 Å². The van der Waals surface area contributed by atoms with Crippen molar-refractivity contribution in [2.45, 2.75) is 46.3 Å². The van der Waals surface area contributed by atoms with Crippen molar-refractivity contribution in [3.8, 4) is 11.5 Å². The van der Waals surface area contributed by atoms with E-state index >= 15 is 0 Å². The first-order valence-corrected chi connectivity index (χ1v) is 11.6. The molecule has 5 rings (SSSR count). The minimum absolute atomic E-state index is 0.210. The molecule has 0 unspecified atom stereocenters. The molecule has 2 amide bonds. The Labute approximate surface area is 204 Å². The minimum Gasteiger partial charge on any atom is -0.463 e. The van der Waals surface area contributed by atoms with Gasteiger partial charge in [-0.2, -0.15) is 5.10 Å². The van der Waals surface area contributed by atoms with E-state index in [4.69, 9.17) is 4.42 Å². The maximum absolute atomic E-state index is 13.9. The molecule has 4 aromatic rings. The van der Waals surface area contributed by atoms with E-state index in [0.29, 0.717) is 29.4 Å². The summed E-state index contributed by atoms with van der Waals surface area (Å²) in [5.74, 6) is 0.0511. The molecule has 35 heavy (non-hydrogen) atoms. The molecule has 0 saturated carbocycles. The summed E-state index contributed by atoms with van der Waals surface area (Å²) in [5.41, 5.74) is 4.63. The molecule has 0 saturated heterocycles. The Bertz CT molecular complexity index is 1400. The fourth-order valence-corrected chi connectivity index (χ4v) is 4.81. The van der Waals surface area contributed by atoms with Crippen molar-refractivity contribution >= 4 is 17.5 Å². The minimum atomic E-state index is -1.19. The Morgan fingerprint density at radius 2 is 1.80 bits per heavy atom. The number of benzene rings is 2. The number of nitrogens with one attached hydrogen (secondary N) is 1. The van der Waals surface area contributed by atoms with E-state index in [1.54, 1.807) is 41.0 Å². The number of hydrogen-bond acceptors (Lipinski definition) is 4. The quantitative estimate of drug-likeness (QED) is 0.456. The first-order chi connectivity index (χ1) is 16.7. The van der Waals surface area contributed by atoms with E-state index in [1.165, 1.54) is 0 Å². The first-order valence-electron chi connectivity index (χ1n) is 11.6. The van der Waals surface area contributed by atoms with Crippen molar-refractivity contribution in [2.75, 3.05) is 4.90 Å². The molecule has 1 aliphatic heterocycles. The molecule has 0 radical (unpaired) electrons. The number of anilines is 1. The monoisotopic (exact) mass is 468 g/mol. The van der Waals surface area contributed by atoms with Gasteiger partial charge >= 0.3 is 0 Å². The van der Waals surface area contributed by atoms with E-state index in [-0.39, 0.29) is 18.4 Å². The van der Waals surface area contributed by atoms with Crippen LogP contribution in [-0.4, -0.2) is 27.1 Å². The van der Waals surface area contributed by atoms with Crippen LogP contribution in [0.4, 0.5) is 5.69 Å². The predicted molar refractivity (Wildman–Crippen MR) is 134 cm³/mol. The highest BCUT2D eigenvalue weighted by molar-refractivity contribution is 6.12. The van der Waals surface area contributed by atoms with E-state index in [2.05, 4.69) is 10.4 Å². The maximum atomic E-state index is 13.9. The molecule has 0 fully saturated rings. The van der Waals surface area contributed by atoms with Crippen molar-refractivity contribution in [2.24, 2.45) is 0 Å². The number of amides is 2. The van der Waals surface area contributed by atoms with Crippen LogP contribution in [-0.2, 0) is 17.9 Å². The zero-order valence-electron chi connectivity index (χ0n) is 20.3. The van der Waals surface area contributed by atoms with Crippen molar-refractivity contribution in [3.05, 3.63) is 94.9 Å². The summed E-state index contributed by atoms with van der Waals surface area (Å²) in [4.78, 5) is 29.3. The topological polar surface area (TPSA) is 80.4 Å². The lowest BCUT2D eigenvalue weighted by atomic mass is 9.93. The summed E-state index contributed by atoms with van der Waals surface area (Å²) >= 11 is 0. The Morgan fingerprint density at radius 3 is 2.49 bits per heavy atom. The molecule has 178 valence electrons. The second-order valence-corrected chi connectivity index (χ2v) is 9.48. The molecular weight excluding hydrogens is 440 g/mol. The predicted octanol–water partition coefficient (Wildman–Crippen LogP) is 4.80. The number of hydrogen-bond donors (Lipinski definition) is 1. The van der Waals surface area contributed by atoms with Crippen LogP contribution in [0.1, 0.15) is 39.7 Å². The van der Waals surface area contributed by atoms with Gasteiger partial charge in [0.15, 0.2) is 5.76 Å². The van der Waals surface area contributed by atoms with Crippen LogP contribution in [0.5, 0.6) is 0 Å². The standard InChI is InChI=1S/C28H28N4O3/c1-18-7-5-8-21(12-18)16-29-27(34)28(4)17-31-24(15-23(30-31)25-9-6-10-35-25)26(33)32(28)22-13-19(2)11-20(3)14-22/h5-15H,16-17H2,1-4H3,(H,29,34)/t28-/m1/s1. The summed E-state index contributed by atoms with van der Waals surface area (Å²) < 4.78 is 7.11. The molecule has 0 aliphatic carbocycles. The summed E-state index contributed by atoms with van der Waals surface area (Å²) in [6.07, 6.45) is 1.57. The normalized spacial score (nSPS) is 17.4. The van der Waals surface area contributed by atoms with Crippen LogP contribution in [0.15, 0.2) is 71.3 Å². The first kappa shape index (κ1) is 22.7. The Hall–Kier alpha value is -4.13. The smallest absolute Gasteiger partial charge is 0.277 e. The van der Waals surface area contributed by atoms with Crippen molar-refractivity contribution in [3.63, 3.8) is 0 Å². The Kier molecular flexibility index (Phi) is 5.55. The molecule has 0 bridgehead atoms. The highest BCUT2D eigenvalue weighted by atomic mass is 16.3. The number of aromatic nitrogens is 2. The van der Waals surface area contributed by atoms with Crippen LogP contribution in [0, 0.1) is 20.8 Å². The lowest BCUT2D eigenvalue weighted by Gasteiger charge is -2.43. The molecule has 1 atom stereocenters. The zero-order valence-corrected chi connectivity index (χ0v) is 20.3. The SMILES string of the molecule is Cc1cccc(CNC(=O)[C@@]2(C)Cn3nc(-c4ccco4)cc3C(=O)N2c2cc(C)cc(C)c2)c1. The lowest BCUT2D eigenvalue weighted by Crippen LogP contribution is -2.64. The lowest BCUT2D eigenvalue weighted by molar-refractivity contribution is -0.126. The van der Waals surface area contributed by atoms with Gasteiger partial charge in [0.2, 0.25) is 5.91 Å². The highest BCUT2D eigenvalue weighted by Crippen LogP contribution is 2.35. The third kappa shape index (κ3) is 4.14. The number of aryl methyl sites for hydroxylation is 3. The van der Waals surface area contributed by atoms with Crippen LogP contribution in [0.2, 0.25) is 0 Å². The molecule has 0 spiro atoms. The van der Waals surface area contributed by atoms with Gasteiger partial charge < -0.3 is 9.73 Å². The number of carbonyl (C=O) groups is 2. The summed E-state index contributed by atoms with van der Waals surface area (Å²) in [7, 11) is 0. The number of carbonyl (C=O) groups excluding carboxylic acids is 2. The van der Waals surface area contributed by atoms with Gasteiger partial charge in [0.1, 0.15) is 16.9 Å². The van der Waals surface area contributed by atoms with Crippen molar-refractivity contribution in [1.29, 1.82) is 0 Å². The Morgan fingerprint density at radius 1 is 1.03 bits per heavy atom. The molecule has 1 aliphatic rings. The Balaban J connectivity index is 1.56. The zero-order chi connectivity index (χ0) is 24.7. The number of rotatable bonds is 5. The second-order valence-electron chi connectivity index (χ2n) is 9.48. The van der Waals surface area contributed by atoms with Gasteiger partial charge in [-0.3, -0.25) is 19.2 Å². The van der Waals surface area contributed by atoms with E-state index < -0.39 is 5.54 Å². The van der Waals surface area contributed by atoms with Crippen LogP contribution >= 0.6 is 0 Å². The molecule has 7 heteroatoms. The summed E-state index contributed by atoms with van der Waals surface area (Å²) in [5, 5.41) is 7.67. The number of furan rings is 1. The number of fused-ring (bicyclic) bond motifs is 1.